The lowest BCUT2D eigenvalue weighted by Crippen LogP contribution is -2.49. The minimum absolute atomic E-state index is 0.121. The number of methoxy groups -OCH3 is 1. The van der Waals surface area contributed by atoms with Gasteiger partial charge in [0.25, 0.3) is 0 Å². The molecule has 0 bridgehead atoms. The third-order valence-electron chi connectivity index (χ3n) is 6.30. The number of rotatable bonds is 9. The Morgan fingerprint density at radius 1 is 1.03 bits per heavy atom. The first-order chi connectivity index (χ1) is 16.9. The monoisotopic (exact) mass is 513 g/mol. The van der Waals surface area contributed by atoms with E-state index in [0.29, 0.717) is 51.3 Å². The van der Waals surface area contributed by atoms with E-state index in [2.05, 4.69) is 4.90 Å². The van der Waals surface area contributed by atoms with Gasteiger partial charge in [-0.3, -0.25) is 4.79 Å². The van der Waals surface area contributed by atoms with Crippen LogP contribution in [0.3, 0.4) is 0 Å². The summed E-state index contributed by atoms with van der Waals surface area (Å²) in [6, 6.07) is 18.8. The van der Waals surface area contributed by atoms with Gasteiger partial charge in [-0.15, -0.1) is 11.3 Å². The van der Waals surface area contributed by atoms with Crippen LogP contribution in [0, 0.1) is 0 Å². The van der Waals surface area contributed by atoms with Crippen molar-refractivity contribution in [3.8, 4) is 5.75 Å². The maximum absolute atomic E-state index is 13.3. The number of thiophene rings is 1. The number of hydrogen-bond acceptors (Lipinski definition) is 6. The smallest absolute Gasteiger partial charge is 0.242 e. The van der Waals surface area contributed by atoms with Crippen molar-refractivity contribution in [3.63, 3.8) is 0 Å². The van der Waals surface area contributed by atoms with Crippen LogP contribution in [0.4, 0.5) is 5.69 Å². The predicted octanol–water partition coefficient (Wildman–Crippen LogP) is 3.51. The number of carbonyl (C=O) groups excluding carboxylic acids is 1. The van der Waals surface area contributed by atoms with E-state index in [1.165, 1.54) is 4.31 Å². The van der Waals surface area contributed by atoms with Gasteiger partial charge in [0.1, 0.15) is 5.75 Å². The van der Waals surface area contributed by atoms with E-state index in [-0.39, 0.29) is 10.8 Å². The highest BCUT2D eigenvalue weighted by Crippen LogP contribution is 2.32. The van der Waals surface area contributed by atoms with Crippen LogP contribution in [0.2, 0.25) is 0 Å². The van der Waals surface area contributed by atoms with Crippen LogP contribution in [0.1, 0.15) is 10.4 Å². The molecule has 186 valence electrons. The minimum Gasteiger partial charge on any atom is -0.495 e. The highest BCUT2D eigenvalue weighted by Gasteiger charge is 2.26. The number of anilines is 1. The maximum atomic E-state index is 13.3. The average molecular weight is 514 g/mol. The van der Waals surface area contributed by atoms with Gasteiger partial charge in [0, 0.05) is 44.6 Å². The van der Waals surface area contributed by atoms with E-state index in [1.54, 1.807) is 43.7 Å². The molecule has 0 saturated carbocycles. The average Bonchev–Trinajstić information content (AvgIpc) is 3.40. The minimum atomic E-state index is -3.66. The summed E-state index contributed by atoms with van der Waals surface area (Å²) in [4.78, 5) is 17.9. The van der Waals surface area contributed by atoms with Crippen LogP contribution >= 0.6 is 11.3 Å². The number of hydrogen-bond donors (Lipinski definition) is 0. The molecule has 35 heavy (non-hydrogen) atoms. The van der Waals surface area contributed by atoms with Crippen LogP contribution in [-0.2, 0) is 27.7 Å². The van der Waals surface area contributed by atoms with E-state index in [4.69, 9.17) is 4.74 Å². The topological polar surface area (TPSA) is 70.2 Å². The Balaban J connectivity index is 1.44. The molecule has 1 fully saturated rings. The second kappa shape index (κ2) is 11.2. The van der Waals surface area contributed by atoms with E-state index in [9.17, 15) is 13.2 Å². The molecule has 1 amide bonds. The molecule has 2 aromatic carbocycles. The van der Waals surface area contributed by atoms with E-state index in [0.717, 1.165) is 16.1 Å². The summed E-state index contributed by atoms with van der Waals surface area (Å²) in [5.41, 5.74) is 1.83. The van der Waals surface area contributed by atoms with Gasteiger partial charge in [-0.1, -0.05) is 36.4 Å². The van der Waals surface area contributed by atoms with Crippen LogP contribution < -0.4 is 9.64 Å². The summed E-state index contributed by atoms with van der Waals surface area (Å²) < 4.78 is 33.5. The molecule has 1 aliphatic rings. The third-order valence-corrected chi connectivity index (χ3v) is 9.02. The Morgan fingerprint density at radius 2 is 1.77 bits per heavy atom. The summed E-state index contributed by atoms with van der Waals surface area (Å²) in [6.07, 6.45) is 1.06. The predicted molar refractivity (Wildman–Crippen MR) is 140 cm³/mol. The zero-order chi connectivity index (χ0) is 24.8. The molecule has 1 aliphatic heterocycles. The van der Waals surface area contributed by atoms with Crippen LogP contribution in [0.5, 0.6) is 5.75 Å². The molecule has 9 heteroatoms. The van der Waals surface area contributed by atoms with Gasteiger partial charge in [-0.2, -0.15) is 0 Å². The first-order valence-corrected chi connectivity index (χ1v) is 13.9. The zero-order valence-electron chi connectivity index (χ0n) is 20.1. The summed E-state index contributed by atoms with van der Waals surface area (Å²) >= 11 is 1.59. The number of piperazine rings is 1. The second-order valence-corrected chi connectivity index (χ2v) is 11.6. The van der Waals surface area contributed by atoms with Crippen LogP contribution in [0.25, 0.3) is 0 Å². The molecule has 3 aromatic rings. The first-order valence-electron chi connectivity index (χ1n) is 11.6. The Kier molecular flexibility index (Phi) is 8.10. The zero-order valence-corrected chi connectivity index (χ0v) is 21.7. The normalized spacial score (nSPS) is 14.4. The van der Waals surface area contributed by atoms with Gasteiger partial charge < -0.3 is 14.5 Å². The highest BCUT2D eigenvalue weighted by molar-refractivity contribution is 7.89. The van der Waals surface area contributed by atoms with Crippen LogP contribution in [0.15, 0.2) is 70.9 Å². The van der Waals surface area contributed by atoms with Crippen molar-refractivity contribution < 1.29 is 17.9 Å². The van der Waals surface area contributed by atoms with Gasteiger partial charge in [0.15, 0.2) is 0 Å². The largest absolute Gasteiger partial charge is 0.495 e. The maximum Gasteiger partial charge on any atom is 0.242 e. The number of amides is 1. The highest BCUT2D eigenvalue weighted by atomic mass is 32.2. The Labute approximate surface area is 211 Å². The summed E-state index contributed by atoms with van der Waals surface area (Å²) in [5.74, 6) is 0.740. The van der Waals surface area contributed by atoms with Crippen molar-refractivity contribution in [3.05, 3.63) is 76.5 Å². The molecule has 1 aromatic heterocycles. The van der Waals surface area contributed by atoms with E-state index in [1.807, 2.05) is 52.7 Å². The summed E-state index contributed by atoms with van der Waals surface area (Å²) in [5, 5.41) is 1.98. The number of sulfonamides is 1. The number of nitrogens with zero attached hydrogens (tertiary/aromatic N) is 3. The SMILES string of the molecule is COc1ccc(S(=O)(=O)N(C)CCc2ccccc2)cc1N1CCN(C(=O)Cc2cccs2)CC1. The fourth-order valence-electron chi connectivity index (χ4n) is 4.18. The lowest BCUT2D eigenvalue weighted by molar-refractivity contribution is -0.130. The van der Waals surface area contributed by atoms with Crippen molar-refractivity contribution in [2.75, 3.05) is 51.8 Å². The Morgan fingerprint density at radius 3 is 2.43 bits per heavy atom. The molecule has 0 radical (unpaired) electrons. The van der Waals surface area contributed by atoms with Crippen molar-refractivity contribution in [1.29, 1.82) is 0 Å². The molecular weight excluding hydrogens is 482 g/mol. The molecule has 0 N–H and O–H groups in total. The molecule has 2 heterocycles. The second-order valence-electron chi connectivity index (χ2n) is 8.52. The fraction of sp³-hybridized carbons (Fsp3) is 0.346. The number of ether oxygens (including phenoxy) is 1. The standard InChI is InChI=1S/C26H31N3O4S2/c1-27(13-12-21-7-4-3-5-8-21)35(31,32)23-10-11-25(33-2)24(20-23)28-14-16-29(17-15-28)26(30)19-22-9-6-18-34-22/h3-11,18,20H,12-17,19H2,1-2H3. The molecule has 4 rings (SSSR count). The van der Waals surface area contributed by atoms with Crippen LogP contribution in [-0.4, -0.2) is 70.4 Å². The third kappa shape index (κ3) is 6.04. The molecule has 0 unspecified atom stereocenters. The molecule has 1 saturated heterocycles. The van der Waals surface area contributed by atoms with Crippen molar-refractivity contribution in [1.82, 2.24) is 9.21 Å². The first kappa shape index (κ1) is 25.2. The summed E-state index contributed by atoms with van der Waals surface area (Å²) in [6.45, 7) is 2.78. The van der Waals surface area contributed by atoms with E-state index < -0.39 is 10.0 Å². The van der Waals surface area contributed by atoms with Gasteiger partial charge >= 0.3 is 0 Å². The van der Waals surface area contributed by atoms with Crippen molar-refractivity contribution in [2.45, 2.75) is 17.7 Å². The van der Waals surface area contributed by atoms with Crippen molar-refractivity contribution >= 4 is 33.0 Å². The van der Waals surface area contributed by atoms with Gasteiger partial charge in [0.2, 0.25) is 15.9 Å². The lowest BCUT2D eigenvalue weighted by Gasteiger charge is -2.37. The number of likely N-dealkylation sites (N-methyl/N-ethyl adjacent to an activating group) is 1. The molecule has 0 atom stereocenters. The molecule has 0 spiro atoms. The fourth-order valence-corrected chi connectivity index (χ4v) is 6.07. The van der Waals surface area contributed by atoms with Gasteiger partial charge in [-0.25, -0.2) is 12.7 Å². The molecule has 7 nitrogen and oxygen atoms in total. The van der Waals surface area contributed by atoms with E-state index >= 15 is 0 Å². The molecule has 0 aliphatic carbocycles. The Bertz CT molecular complexity index is 1220. The van der Waals surface area contributed by atoms with Crippen molar-refractivity contribution in [2.24, 2.45) is 0 Å². The summed E-state index contributed by atoms with van der Waals surface area (Å²) in [7, 11) is -0.466. The number of benzene rings is 2. The Hall–Kier alpha value is -2.88. The lowest BCUT2D eigenvalue weighted by atomic mass is 10.2. The number of carbonyl (C=O) groups is 1. The quantitative estimate of drug-likeness (QED) is 0.438. The van der Waals surface area contributed by atoms with Gasteiger partial charge in [0.05, 0.1) is 24.1 Å². The molecular formula is C26H31N3O4S2. The van der Waals surface area contributed by atoms with Gasteiger partial charge in [-0.05, 0) is 41.6 Å².